The standard InChI is InChI=1S/C14H24N2OS/c17-13(12-4-7-15-10-12)16-8-9-18-14(11-16)5-2-1-3-6-14/h12,15H,1-11H2. The average molecular weight is 268 g/mol. The van der Waals surface area contributed by atoms with Crippen LogP contribution >= 0.6 is 11.8 Å². The molecule has 1 aliphatic carbocycles. The van der Waals surface area contributed by atoms with Gasteiger partial charge in [0.2, 0.25) is 5.91 Å². The third kappa shape index (κ3) is 2.55. The van der Waals surface area contributed by atoms with Crippen molar-refractivity contribution >= 4 is 17.7 Å². The molecule has 102 valence electrons. The van der Waals surface area contributed by atoms with Gasteiger partial charge in [0.1, 0.15) is 0 Å². The Morgan fingerprint density at radius 1 is 1.28 bits per heavy atom. The highest BCUT2D eigenvalue weighted by Crippen LogP contribution is 2.43. The molecule has 2 aliphatic heterocycles. The summed E-state index contributed by atoms with van der Waals surface area (Å²) < 4.78 is 0.415. The Morgan fingerprint density at radius 3 is 2.83 bits per heavy atom. The molecule has 1 saturated carbocycles. The Kier molecular flexibility index (Phi) is 3.85. The van der Waals surface area contributed by atoms with E-state index in [1.165, 1.54) is 32.1 Å². The van der Waals surface area contributed by atoms with Gasteiger partial charge in [0.05, 0.1) is 5.92 Å². The lowest BCUT2D eigenvalue weighted by atomic mass is 9.87. The maximum Gasteiger partial charge on any atom is 0.227 e. The van der Waals surface area contributed by atoms with Crippen molar-refractivity contribution in [1.82, 2.24) is 10.2 Å². The maximum absolute atomic E-state index is 12.5. The van der Waals surface area contributed by atoms with Gasteiger partial charge >= 0.3 is 0 Å². The first-order valence-corrected chi connectivity index (χ1v) is 8.41. The van der Waals surface area contributed by atoms with Crippen LogP contribution in [0.5, 0.6) is 0 Å². The van der Waals surface area contributed by atoms with Gasteiger partial charge in [0.25, 0.3) is 0 Å². The van der Waals surface area contributed by atoms with E-state index in [1.54, 1.807) is 0 Å². The molecule has 0 aromatic heterocycles. The molecule has 18 heavy (non-hydrogen) atoms. The van der Waals surface area contributed by atoms with Gasteiger partial charge in [0.15, 0.2) is 0 Å². The van der Waals surface area contributed by atoms with Crippen LogP contribution in [0.15, 0.2) is 0 Å². The molecule has 1 amide bonds. The van der Waals surface area contributed by atoms with Gasteiger partial charge in [0, 0.05) is 30.1 Å². The number of carbonyl (C=O) groups is 1. The molecule has 0 aromatic carbocycles. The predicted octanol–water partition coefficient (Wildman–Crippen LogP) is 1.87. The monoisotopic (exact) mass is 268 g/mol. The fraction of sp³-hybridized carbons (Fsp3) is 0.929. The summed E-state index contributed by atoms with van der Waals surface area (Å²) >= 11 is 2.14. The third-order valence-electron chi connectivity index (χ3n) is 4.73. The van der Waals surface area contributed by atoms with Gasteiger partial charge < -0.3 is 10.2 Å². The topological polar surface area (TPSA) is 32.3 Å². The minimum atomic E-state index is 0.258. The van der Waals surface area contributed by atoms with Crippen LogP contribution in [0, 0.1) is 5.92 Å². The smallest absolute Gasteiger partial charge is 0.227 e. The lowest BCUT2D eigenvalue weighted by Gasteiger charge is -2.45. The van der Waals surface area contributed by atoms with Gasteiger partial charge in [-0.25, -0.2) is 0 Å². The summed E-state index contributed by atoms with van der Waals surface area (Å²) in [6.45, 7) is 3.91. The van der Waals surface area contributed by atoms with E-state index in [2.05, 4.69) is 22.0 Å². The highest BCUT2D eigenvalue weighted by Gasteiger charge is 2.40. The zero-order chi connectivity index (χ0) is 12.4. The van der Waals surface area contributed by atoms with Crippen LogP contribution in [0.25, 0.3) is 0 Å². The number of carbonyl (C=O) groups excluding carboxylic acids is 1. The molecule has 3 aliphatic rings. The lowest BCUT2D eigenvalue weighted by molar-refractivity contribution is -0.135. The Labute approximate surface area is 114 Å². The van der Waals surface area contributed by atoms with Crippen molar-refractivity contribution in [3.63, 3.8) is 0 Å². The van der Waals surface area contributed by atoms with Crippen molar-refractivity contribution in [2.75, 3.05) is 31.9 Å². The summed E-state index contributed by atoms with van der Waals surface area (Å²) in [5.41, 5.74) is 0. The normalized spacial score (nSPS) is 31.8. The first-order valence-electron chi connectivity index (χ1n) is 7.43. The zero-order valence-electron chi connectivity index (χ0n) is 11.1. The molecule has 3 nitrogen and oxygen atoms in total. The van der Waals surface area contributed by atoms with Crippen molar-refractivity contribution < 1.29 is 4.79 Å². The Bertz CT molecular complexity index is 303. The van der Waals surface area contributed by atoms with E-state index in [1.807, 2.05) is 0 Å². The fourth-order valence-corrected chi connectivity index (χ4v) is 5.22. The first kappa shape index (κ1) is 12.8. The van der Waals surface area contributed by atoms with E-state index in [9.17, 15) is 4.79 Å². The molecule has 3 fully saturated rings. The molecule has 1 atom stereocenters. The van der Waals surface area contributed by atoms with Crippen molar-refractivity contribution in [2.24, 2.45) is 5.92 Å². The van der Waals surface area contributed by atoms with Gasteiger partial charge in [-0.05, 0) is 25.8 Å². The molecule has 1 N–H and O–H groups in total. The molecule has 2 saturated heterocycles. The van der Waals surface area contributed by atoms with Crippen LogP contribution in [-0.2, 0) is 4.79 Å². The Morgan fingerprint density at radius 2 is 2.11 bits per heavy atom. The highest BCUT2D eigenvalue weighted by atomic mass is 32.2. The molecule has 0 bridgehead atoms. The zero-order valence-corrected chi connectivity index (χ0v) is 11.9. The average Bonchev–Trinajstić information content (AvgIpc) is 2.93. The lowest BCUT2D eigenvalue weighted by Crippen LogP contribution is -2.51. The molecule has 4 heteroatoms. The van der Waals surface area contributed by atoms with Crippen LogP contribution < -0.4 is 5.32 Å². The quantitative estimate of drug-likeness (QED) is 0.788. The van der Waals surface area contributed by atoms with Gasteiger partial charge in [-0.15, -0.1) is 0 Å². The van der Waals surface area contributed by atoms with Gasteiger partial charge in [-0.2, -0.15) is 11.8 Å². The Balaban J connectivity index is 1.64. The summed E-state index contributed by atoms with van der Waals surface area (Å²) in [5.74, 6) is 1.82. The second-order valence-electron chi connectivity index (χ2n) is 6.04. The SMILES string of the molecule is O=C(C1CCNC1)N1CCSC2(CCCCC2)C1. The first-order chi connectivity index (χ1) is 8.79. The van der Waals surface area contributed by atoms with E-state index < -0.39 is 0 Å². The van der Waals surface area contributed by atoms with Crippen LogP contribution in [0.3, 0.4) is 0 Å². The van der Waals surface area contributed by atoms with Gasteiger partial charge in [-0.3, -0.25) is 4.79 Å². The fourth-order valence-electron chi connectivity index (χ4n) is 3.66. The molecular formula is C14H24N2OS. The molecule has 1 unspecified atom stereocenters. The van der Waals surface area contributed by atoms with Crippen molar-refractivity contribution in [2.45, 2.75) is 43.3 Å². The number of hydrogen-bond donors (Lipinski definition) is 1. The molecule has 1 spiro atoms. The van der Waals surface area contributed by atoms with Crippen LogP contribution in [0.2, 0.25) is 0 Å². The number of rotatable bonds is 1. The highest BCUT2D eigenvalue weighted by molar-refractivity contribution is 8.00. The number of amides is 1. The number of thioether (sulfide) groups is 1. The third-order valence-corrected chi connectivity index (χ3v) is 6.27. The molecule has 3 rings (SSSR count). The summed E-state index contributed by atoms with van der Waals surface area (Å²) in [6.07, 6.45) is 7.80. The minimum absolute atomic E-state index is 0.258. The second-order valence-corrected chi connectivity index (χ2v) is 7.60. The van der Waals surface area contributed by atoms with E-state index in [0.29, 0.717) is 10.7 Å². The van der Waals surface area contributed by atoms with Crippen LogP contribution in [-0.4, -0.2) is 47.5 Å². The van der Waals surface area contributed by atoms with Crippen molar-refractivity contribution in [3.8, 4) is 0 Å². The second kappa shape index (κ2) is 5.41. The number of hydrogen-bond acceptors (Lipinski definition) is 3. The van der Waals surface area contributed by atoms with Crippen LogP contribution in [0.4, 0.5) is 0 Å². The van der Waals surface area contributed by atoms with E-state index in [4.69, 9.17) is 0 Å². The number of nitrogens with zero attached hydrogens (tertiary/aromatic N) is 1. The molecule has 0 radical (unpaired) electrons. The van der Waals surface area contributed by atoms with Crippen molar-refractivity contribution in [1.29, 1.82) is 0 Å². The van der Waals surface area contributed by atoms with Gasteiger partial charge in [-0.1, -0.05) is 19.3 Å². The van der Waals surface area contributed by atoms with Crippen LogP contribution in [0.1, 0.15) is 38.5 Å². The molecule has 2 heterocycles. The maximum atomic E-state index is 12.5. The largest absolute Gasteiger partial charge is 0.340 e. The molecule has 0 aromatic rings. The summed E-state index contributed by atoms with van der Waals surface area (Å²) in [4.78, 5) is 14.7. The number of nitrogens with one attached hydrogen (secondary N) is 1. The summed E-state index contributed by atoms with van der Waals surface area (Å²) in [6, 6.07) is 0. The Hall–Kier alpha value is -0.220. The van der Waals surface area contributed by atoms with E-state index in [-0.39, 0.29) is 5.92 Å². The van der Waals surface area contributed by atoms with E-state index >= 15 is 0 Å². The summed E-state index contributed by atoms with van der Waals surface area (Å²) in [7, 11) is 0. The van der Waals surface area contributed by atoms with Crippen molar-refractivity contribution in [3.05, 3.63) is 0 Å². The van der Waals surface area contributed by atoms with E-state index in [0.717, 1.165) is 38.4 Å². The predicted molar refractivity (Wildman–Crippen MR) is 75.8 cm³/mol. The minimum Gasteiger partial charge on any atom is -0.340 e. The summed E-state index contributed by atoms with van der Waals surface area (Å²) in [5, 5.41) is 3.31. The molecular weight excluding hydrogens is 244 g/mol.